The van der Waals surface area contributed by atoms with E-state index in [1.807, 2.05) is 31.3 Å². The molecule has 0 atom stereocenters. The lowest BCUT2D eigenvalue weighted by Crippen LogP contribution is -1.95. The van der Waals surface area contributed by atoms with Crippen LogP contribution < -0.4 is 10.5 Å². The van der Waals surface area contributed by atoms with Crippen molar-refractivity contribution >= 4 is 5.69 Å². The molecule has 0 amide bonds. The maximum atomic E-state index is 5.92. The maximum absolute atomic E-state index is 5.92. The van der Waals surface area contributed by atoms with Gasteiger partial charge < -0.3 is 10.5 Å². The molecule has 0 aliphatic carbocycles. The smallest absolute Gasteiger partial charge is 0.138 e. The van der Waals surface area contributed by atoms with Crippen molar-refractivity contribution in [3.63, 3.8) is 0 Å². The van der Waals surface area contributed by atoms with Crippen molar-refractivity contribution in [2.24, 2.45) is 0 Å². The van der Waals surface area contributed by atoms with Crippen LogP contribution in [0.15, 0.2) is 36.7 Å². The minimum absolute atomic E-state index is 0.646. The van der Waals surface area contributed by atoms with Gasteiger partial charge in [0.2, 0.25) is 0 Å². The van der Waals surface area contributed by atoms with E-state index >= 15 is 0 Å². The molecule has 0 saturated carbocycles. The summed E-state index contributed by atoms with van der Waals surface area (Å²) in [7, 11) is 0. The van der Waals surface area contributed by atoms with Gasteiger partial charge in [-0.2, -0.15) is 0 Å². The number of hydrogen-bond donors (Lipinski definition) is 1. The lowest BCUT2D eigenvalue weighted by Gasteiger charge is -2.08. The van der Waals surface area contributed by atoms with Gasteiger partial charge in [0, 0.05) is 17.4 Å². The van der Waals surface area contributed by atoms with Crippen LogP contribution in [0.25, 0.3) is 11.1 Å². The molecule has 0 aliphatic heterocycles. The Kier molecular flexibility index (Phi) is 3.82. The predicted octanol–water partition coefficient (Wildman–Crippen LogP) is 3.29. The largest absolute Gasteiger partial charge is 0.492 e. The second kappa shape index (κ2) is 5.54. The second-order valence-corrected chi connectivity index (χ2v) is 4.11. The summed E-state index contributed by atoms with van der Waals surface area (Å²) in [5, 5.41) is 0. The van der Waals surface area contributed by atoms with Crippen molar-refractivity contribution in [1.29, 1.82) is 0 Å². The summed E-state index contributed by atoms with van der Waals surface area (Å²) in [4.78, 5) is 4.20. The van der Waals surface area contributed by atoms with E-state index in [0.29, 0.717) is 6.61 Å². The van der Waals surface area contributed by atoms with Crippen LogP contribution in [0.5, 0.6) is 5.75 Å². The Labute approximate surface area is 108 Å². The summed E-state index contributed by atoms with van der Waals surface area (Å²) in [6.45, 7) is 4.71. The van der Waals surface area contributed by atoms with Crippen LogP contribution in [0.3, 0.4) is 0 Å². The number of ether oxygens (including phenoxy) is 1. The lowest BCUT2D eigenvalue weighted by molar-refractivity contribution is 0.339. The minimum Gasteiger partial charge on any atom is -0.492 e. The van der Waals surface area contributed by atoms with Crippen molar-refractivity contribution in [2.45, 2.75) is 20.3 Å². The molecule has 18 heavy (non-hydrogen) atoms. The first-order valence-corrected chi connectivity index (χ1v) is 6.21. The molecule has 2 aromatic rings. The SMILES string of the molecule is CCOc1cncc(-c2ccc(N)c(CC)c2)c1. The van der Waals surface area contributed by atoms with Crippen LogP contribution in [0.1, 0.15) is 19.4 Å². The van der Waals surface area contributed by atoms with E-state index < -0.39 is 0 Å². The average Bonchev–Trinajstić information content (AvgIpc) is 2.40. The Morgan fingerprint density at radius 3 is 2.67 bits per heavy atom. The standard InChI is InChI=1S/C15H18N2O/c1-3-11-7-12(5-6-15(11)16)13-8-14(18-4-2)10-17-9-13/h5-10H,3-4,16H2,1-2H3. The topological polar surface area (TPSA) is 48.1 Å². The molecule has 0 radical (unpaired) electrons. The molecule has 0 unspecified atom stereocenters. The third-order valence-corrected chi connectivity index (χ3v) is 2.88. The number of aryl methyl sites for hydroxylation is 1. The molecule has 1 aromatic heterocycles. The molecule has 94 valence electrons. The summed E-state index contributed by atoms with van der Waals surface area (Å²) in [5.41, 5.74) is 10.1. The van der Waals surface area contributed by atoms with Gasteiger partial charge in [-0.15, -0.1) is 0 Å². The molecule has 3 nitrogen and oxygen atoms in total. The highest BCUT2D eigenvalue weighted by atomic mass is 16.5. The highest BCUT2D eigenvalue weighted by Gasteiger charge is 2.04. The minimum atomic E-state index is 0.646. The van der Waals surface area contributed by atoms with E-state index in [0.717, 1.165) is 34.5 Å². The predicted molar refractivity (Wildman–Crippen MR) is 74.6 cm³/mol. The third-order valence-electron chi connectivity index (χ3n) is 2.88. The number of rotatable bonds is 4. The Hall–Kier alpha value is -2.03. The Bertz CT molecular complexity index is 538. The summed E-state index contributed by atoms with van der Waals surface area (Å²) in [6.07, 6.45) is 4.50. The quantitative estimate of drug-likeness (QED) is 0.837. The van der Waals surface area contributed by atoms with E-state index in [4.69, 9.17) is 10.5 Å². The Balaban J connectivity index is 2.38. The highest BCUT2D eigenvalue weighted by Crippen LogP contribution is 2.26. The molecule has 0 saturated heterocycles. The van der Waals surface area contributed by atoms with Crippen molar-refractivity contribution in [2.75, 3.05) is 12.3 Å². The molecular weight excluding hydrogens is 224 g/mol. The van der Waals surface area contributed by atoms with E-state index in [1.165, 1.54) is 0 Å². The molecule has 0 bridgehead atoms. The van der Waals surface area contributed by atoms with Crippen LogP contribution in [0.2, 0.25) is 0 Å². The van der Waals surface area contributed by atoms with Gasteiger partial charge in [-0.3, -0.25) is 4.98 Å². The number of benzene rings is 1. The number of pyridine rings is 1. The molecule has 1 heterocycles. The van der Waals surface area contributed by atoms with Crippen LogP contribution in [0.4, 0.5) is 5.69 Å². The fourth-order valence-electron chi connectivity index (χ4n) is 1.91. The molecule has 0 fully saturated rings. The van der Waals surface area contributed by atoms with Gasteiger partial charge in [0.25, 0.3) is 0 Å². The number of nitrogen functional groups attached to an aromatic ring is 1. The number of hydrogen-bond acceptors (Lipinski definition) is 3. The highest BCUT2D eigenvalue weighted by molar-refractivity contribution is 5.68. The first-order chi connectivity index (χ1) is 8.74. The van der Waals surface area contributed by atoms with E-state index in [2.05, 4.69) is 18.0 Å². The zero-order valence-corrected chi connectivity index (χ0v) is 10.8. The van der Waals surface area contributed by atoms with Gasteiger partial charge in [-0.25, -0.2) is 0 Å². The van der Waals surface area contributed by atoms with Gasteiger partial charge in [0.05, 0.1) is 12.8 Å². The molecule has 0 spiro atoms. The summed E-state index contributed by atoms with van der Waals surface area (Å²) >= 11 is 0. The molecule has 2 rings (SSSR count). The lowest BCUT2D eigenvalue weighted by atomic mass is 10.0. The summed E-state index contributed by atoms with van der Waals surface area (Å²) in [6, 6.07) is 8.08. The molecule has 1 aromatic carbocycles. The summed E-state index contributed by atoms with van der Waals surface area (Å²) < 4.78 is 5.46. The second-order valence-electron chi connectivity index (χ2n) is 4.11. The van der Waals surface area contributed by atoms with Gasteiger partial charge in [-0.1, -0.05) is 13.0 Å². The van der Waals surface area contributed by atoms with Gasteiger partial charge in [0.1, 0.15) is 5.75 Å². The first-order valence-electron chi connectivity index (χ1n) is 6.21. The Morgan fingerprint density at radius 2 is 1.94 bits per heavy atom. The fraction of sp³-hybridized carbons (Fsp3) is 0.267. The number of nitrogens with zero attached hydrogens (tertiary/aromatic N) is 1. The van der Waals surface area contributed by atoms with Gasteiger partial charge >= 0.3 is 0 Å². The van der Waals surface area contributed by atoms with Crippen molar-refractivity contribution in [1.82, 2.24) is 4.98 Å². The number of anilines is 1. The number of aromatic nitrogens is 1. The summed E-state index contributed by atoms with van der Waals surface area (Å²) in [5.74, 6) is 0.796. The van der Waals surface area contributed by atoms with E-state index in [1.54, 1.807) is 6.20 Å². The Morgan fingerprint density at radius 1 is 1.11 bits per heavy atom. The fourth-order valence-corrected chi connectivity index (χ4v) is 1.91. The van der Waals surface area contributed by atoms with E-state index in [-0.39, 0.29) is 0 Å². The molecule has 2 N–H and O–H groups in total. The maximum Gasteiger partial charge on any atom is 0.138 e. The van der Waals surface area contributed by atoms with Crippen molar-refractivity contribution in [3.8, 4) is 16.9 Å². The normalized spacial score (nSPS) is 10.3. The van der Waals surface area contributed by atoms with Gasteiger partial charge in [-0.05, 0) is 42.7 Å². The van der Waals surface area contributed by atoms with E-state index in [9.17, 15) is 0 Å². The third kappa shape index (κ3) is 2.62. The van der Waals surface area contributed by atoms with Crippen LogP contribution in [0, 0.1) is 0 Å². The monoisotopic (exact) mass is 242 g/mol. The molecular formula is C15H18N2O. The van der Waals surface area contributed by atoms with Crippen LogP contribution in [-0.4, -0.2) is 11.6 Å². The van der Waals surface area contributed by atoms with Gasteiger partial charge in [0.15, 0.2) is 0 Å². The van der Waals surface area contributed by atoms with Crippen molar-refractivity contribution < 1.29 is 4.74 Å². The van der Waals surface area contributed by atoms with Crippen molar-refractivity contribution in [3.05, 3.63) is 42.2 Å². The zero-order valence-electron chi connectivity index (χ0n) is 10.8. The molecule has 3 heteroatoms. The first kappa shape index (κ1) is 12.4. The van der Waals surface area contributed by atoms with Crippen LogP contribution in [-0.2, 0) is 6.42 Å². The number of nitrogens with two attached hydrogens (primary N) is 1. The zero-order chi connectivity index (χ0) is 13.0. The van der Waals surface area contributed by atoms with Crippen LogP contribution >= 0.6 is 0 Å². The molecule has 0 aliphatic rings. The average molecular weight is 242 g/mol.